The van der Waals surface area contributed by atoms with E-state index in [9.17, 15) is 9.90 Å². The molecule has 0 saturated carbocycles. The van der Waals surface area contributed by atoms with E-state index < -0.39 is 11.4 Å². The molecule has 0 amide bonds. The Morgan fingerprint density at radius 2 is 2.00 bits per heavy atom. The second-order valence-electron chi connectivity index (χ2n) is 4.64. The van der Waals surface area contributed by atoms with Gasteiger partial charge in [0.2, 0.25) is 0 Å². The Morgan fingerprint density at radius 3 is 2.35 bits per heavy atom. The van der Waals surface area contributed by atoms with Gasteiger partial charge in [-0.1, -0.05) is 26.8 Å². The molecule has 100 valence electrons. The van der Waals surface area contributed by atoms with Gasteiger partial charge in [-0.3, -0.25) is 4.79 Å². The highest BCUT2D eigenvalue weighted by Gasteiger charge is 2.34. The van der Waals surface area contributed by atoms with Crippen LogP contribution in [-0.4, -0.2) is 23.7 Å². The average molecular weight is 241 g/mol. The second-order valence-corrected chi connectivity index (χ2v) is 4.64. The highest BCUT2D eigenvalue weighted by molar-refractivity contribution is 5.74. The zero-order chi connectivity index (χ0) is 13.3. The Balaban J connectivity index is 4.36. The van der Waals surface area contributed by atoms with Gasteiger partial charge in [-0.25, -0.2) is 0 Å². The molecule has 0 aromatic heterocycles. The van der Waals surface area contributed by atoms with E-state index in [1.165, 1.54) is 0 Å². The number of rotatable bonds is 10. The molecule has 0 saturated heterocycles. The van der Waals surface area contributed by atoms with E-state index in [1.54, 1.807) is 0 Å². The Hall–Kier alpha value is -0.830. The van der Waals surface area contributed by atoms with Crippen molar-refractivity contribution in [1.29, 1.82) is 0 Å². The Labute approximate surface area is 105 Å². The molecule has 17 heavy (non-hydrogen) atoms. The molecule has 0 aliphatic rings. The molecule has 1 unspecified atom stereocenters. The molecule has 0 rings (SSSR count). The largest absolute Gasteiger partial charge is 0.481 e. The summed E-state index contributed by atoms with van der Waals surface area (Å²) < 4.78 is 0. The zero-order valence-corrected chi connectivity index (χ0v) is 11.5. The first-order valence-electron chi connectivity index (χ1n) is 6.63. The molecule has 3 nitrogen and oxygen atoms in total. The number of hydrogen-bond acceptors (Lipinski definition) is 2. The molecule has 0 spiro atoms. The number of carboxylic acid groups (broad SMARTS) is 1. The van der Waals surface area contributed by atoms with Gasteiger partial charge in [0.15, 0.2) is 0 Å². The van der Waals surface area contributed by atoms with Gasteiger partial charge in [0, 0.05) is 12.6 Å². The average Bonchev–Trinajstić information content (AvgIpc) is 2.34. The van der Waals surface area contributed by atoms with Crippen molar-refractivity contribution in [2.75, 3.05) is 6.54 Å². The van der Waals surface area contributed by atoms with E-state index >= 15 is 0 Å². The van der Waals surface area contributed by atoms with Crippen LogP contribution in [0.4, 0.5) is 0 Å². The van der Waals surface area contributed by atoms with Gasteiger partial charge >= 0.3 is 5.97 Å². The first-order valence-corrected chi connectivity index (χ1v) is 6.63. The summed E-state index contributed by atoms with van der Waals surface area (Å²) in [4.78, 5) is 11.3. The van der Waals surface area contributed by atoms with Crippen molar-refractivity contribution in [3.05, 3.63) is 12.7 Å². The van der Waals surface area contributed by atoms with E-state index in [4.69, 9.17) is 0 Å². The van der Waals surface area contributed by atoms with Crippen LogP contribution in [0.15, 0.2) is 12.7 Å². The summed E-state index contributed by atoms with van der Waals surface area (Å²) >= 11 is 0. The lowest BCUT2D eigenvalue weighted by Gasteiger charge is -2.29. The molecule has 0 radical (unpaired) electrons. The summed E-state index contributed by atoms with van der Waals surface area (Å²) in [7, 11) is 0. The summed E-state index contributed by atoms with van der Waals surface area (Å²) in [5.41, 5.74) is -0.610. The molecule has 0 aliphatic heterocycles. The number of aliphatic carboxylic acids is 1. The fourth-order valence-corrected chi connectivity index (χ4v) is 1.99. The van der Waals surface area contributed by atoms with Crippen molar-refractivity contribution >= 4 is 5.97 Å². The molecule has 1 atom stereocenters. The van der Waals surface area contributed by atoms with Crippen LogP contribution in [0.1, 0.15) is 52.9 Å². The zero-order valence-electron chi connectivity index (χ0n) is 11.5. The monoisotopic (exact) mass is 241 g/mol. The number of allylic oxidation sites excluding steroid dienone is 1. The second kappa shape index (κ2) is 8.29. The van der Waals surface area contributed by atoms with Crippen molar-refractivity contribution in [1.82, 2.24) is 5.32 Å². The van der Waals surface area contributed by atoms with Gasteiger partial charge in [-0.15, -0.1) is 6.58 Å². The quantitative estimate of drug-likeness (QED) is 0.577. The van der Waals surface area contributed by atoms with Crippen LogP contribution in [0.5, 0.6) is 0 Å². The summed E-state index contributed by atoms with van der Waals surface area (Å²) in [5, 5.41) is 12.7. The van der Waals surface area contributed by atoms with Crippen molar-refractivity contribution in [2.45, 2.75) is 58.9 Å². The highest BCUT2D eigenvalue weighted by Crippen LogP contribution is 2.26. The normalized spacial score (nSPS) is 13.4. The molecular formula is C14H27NO2. The molecule has 0 aromatic rings. The summed E-state index contributed by atoms with van der Waals surface area (Å²) in [5.74, 6) is -0.687. The third kappa shape index (κ3) is 4.90. The van der Waals surface area contributed by atoms with Crippen molar-refractivity contribution in [2.24, 2.45) is 5.41 Å². The summed E-state index contributed by atoms with van der Waals surface area (Å²) in [6.07, 6.45) is 6.28. The number of hydrogen-bond donors (Lipinski definition) is 2. The van der Waals surface area contributed by atoms with Crippen LogP contribution >= 0.6 is 0 Å². The van der Waals surface area contributed by atoms with Crippen molar-refractivity contribution in [3.63, 3.8) is 0 Å². The molecule has 0 aliphatic carbocycles. The van der Waals surface area contributed by atoms with Crippen LogP contribution < -0.4 is 5.32 Å². The van der Waals surface area contributed by atoms with E-state index in [0.717, 1.165) is 19.3 Å². The fraction of sp³-hybridized carbons (Fsp3) is 0.786. The maximum Gasteiger partial charge on any atom is 0.310 e. The van der Waals surface area contributed by atoms with Crippen LogP contribution in [0.2, 0.25) is 0 Å². The summed E-state index contributed by atoms with van der Waals surface area (Å²) in [6, 6.07) is 0.393. The minimum Gasteiger partial charge on any atom is -0.481 e. The van der Waals surface area contributed by atoms with Crippen LogP contribution in [0.3, 0.4) is 0 Å². The lowest BCUT2D eigenvalue weighted by atomic mass is 9.82. The van der Waals surface area contributed by atoms with E-state index in [-0.39, 0.29) is 0 Å². The number of carboxylic acids is 1. The molecule has 0 heterocycles. The third-order valence-corrected chi connectivity index (χ3v) is 3.75. The van der Waals surface area contributed by atoms with Crippen molar-refractivity contribution < 1.29 is 9.90 Å². The van der Waals surface area contributed by atoms with Gasteiger partial charge < -0.3 is 10.4 Å². The topological polar surface area (TPSA) is 49.3 Å². The molecular weight excluding hydrogens is 214 g/mol. The van der Waals surface area contributed by atoms with Gasteiger partial charge in [0.1, 0.15) is 0 Å². The molecule has 0 aromatic carbocycles. The van der Waals surface area contributed by atoms with E-state index in [0.29, 0.717) is 25.4 Å². The minimum atomic E-state index is -0.687. The predicted molar refractivity (Wildman–Crippen MR) is 72.2 cm³/mol. The van der Waals surface area contributed by atoms with Crippen LogP contribution in [-0.2, 0) is 4.79 Å². The van der Waals surface area contributed by atoms with Gasteiger partial charge in [0.25, 0.3) is 0 Å². The van der Waals surface area contributed by atoms with Gasteiger partial charge in [-0.2, -0.15) is 0 Å². The van der Waals surface area contributed by atoms with E-state index in [2.05, 4.69) is 18.8 Å². The standard InChI is InChI=1S/C14H27NO2/c1-5-9-10-12(6-2)15-11-14(7-3,8-4)13(16)17/h5,12,15H,1,6-11H2,2-4H3,(H,16,17). The maximum atomic E-state index is 11.3. The predicted octanol–water partition coefficient (Wildman–Crippen LogP) is 3.21. The number of nitrogens with one attached hydrogen (secondary N) is 1. The first-order chi connectivity index (χ1) is 8.06. The molecule has 2 N–H and O–H groups in total. The van der Waals surface area contributed by atoms with Gasteiger partial charge in [0.05, 0.1) is 5.41 Å². The maximum absolute atomic E-state index is 11.3. The van der Waals surface area contributed by atoms with Gasteiger partial charge in [-0.05, 0) is 32.1 Å². The minimum absolute atomic E-state index is 0.393. The Kier molecular flexibility index (Phi) is 7.88. The van der Waals surface area contributed by atoms with E-state index in [1.807, 2.05) is 19.9 Å². The van der Waals surface area contributed by atoms with Crippen LogP contribution in [0.25, 0.3) is 0 Å². The lowest BCUT2D eigenvalue weighted by Crippen LogP contribution is -2.43. The molecule has 0 bridgehead atoms. The van der Waals surface area contributed by atoms with Crippen molar-refractivity contribution in [3.8, 4) is 0 Å². The first kappa shape index (κ1) is 16.2. The molecule has 3 heteroatoms. The smallest absolute Gasteiger partial charge is 0.310 e. The molecule has 0 fully saturated rings. The van der Waals surface area contributed by atoms with Crippen LogP contribution in [0, 0.1) is 5.41 Å². The lowest BCUT2D eigenvalue weighted by molar-refractivity contribution is -0.149. The third-order valence-electron chi connectivity index (χ3n) is 3.75. The highest BCUT2D eigenvalue weighted by atomic mass is 16.4. The Morgan fingerprint density at radius 1 is 1.41 bits per heavy atom. The Bertz CT molecular complexity index is 234. The number of carbonyl (C=O) groups is 1. The SMILES string of the molecule is C=CCCC(CC)NCC(CC)(CC)C(=O)O. The fourth-order valence-electron chi connectivity index (χ4n) is 1.99. The summed E-state index contributed by atoms with van der Waals surface area (Å²) in [6.45, 7) is 10.3.